The van der Waals surface area contributed by atoms with Gasteiger partial charge in [0, 0.05) is 5.46 Å². The summed E-state index contributed by atoms with van der Waals surface area (Å²) in [6.45, 7) is 8.01. The van der Waals surface area contributed by atoms with E-state index in [9.17, 15) is 4.79 Å². The molecular formula is C20H21BClNO5. The van der Waals surface area contributed by atoms with Crippen molar-refractivity contribution >= 4 is 35.8 Å². The van der Waals surface area contributed by atoms with Gasteiger partial charge in [0.15, 0.2) is 11.5 Å². The lowest BCUT2D eigenvalue weighted by atomic mass is 9.78. The van der Waals surface area contributed by atoms with Crippen molar-refractivity contribution < 1.29 is 23.6 Å². The lowest BCUT2D eigenvalue weighted by Gasteiger charge is -2.32. The third-order valence-corrected chi connectivity index (χ3v) is 5.75. The van der Waals surface area contributed by atoms with Gasteiger partial charge in [-0.15, -0.1) is 0 Å². The number of benzene rings is 2. The van der Waals surface area contributed by atoms with Gasteiger partial charge in [0.25, 0.3) is 5.91 Å². The summed E-state index contributed by atoms with van der Waals surface area (Å²) >= 11 is 6.12. The number of hydrogen-bond donors (Lipinski definition) is 1. The highest BCUT2D eigenvalue weighted by Crippen LogP contribution is 2.42. The molecule has 2 aromatic carbocycles. The van der Waals surface area contributed by atoms with Crippen LogP contribution >= 0.6 is 11.6 Å². The Hall–Kier alpha value is -2.22. The van der Waals surface area contributed by atoms with E-state index in [1.54, 1.807) is 30.3 Å². The van der Waals surface area contributed by atoms with Crippen LogP contribution in [-0.2, 0) is 9.31 Å². The number of halogens is 1. The molecule has 2 aliphatic heterocycles. The molecule has 2 heterocycles. The van der Waals surface area contributed by atoms with Crippen LogP contribution in [-0.4, -0.2) is 31.0 Å². The first-order chi connectivity index (χ1) is 13.2. The van der Waals surface area contributed by atoms with E-state index in [4.69, 9.17) is 30.4 Å². The van der Waals surface area contributed by atoms with Crippen molar-refractivity contribution in [3.63, 3.8) is 0 Å². The molecule has 0 saturated carbocycles. The molecule has 1 fully saturated rings. The Kier molecular flexibility index (Phi) is 4.57. The van der Waals surface area contributed by atoms with E-state index in [0.717, 1.165) is 5.46 Å². The van der Waals surface area contributed by atoms with Crippen LogP contribution in [0.15, 0.2) is 36.4 Å². The molecule has 1 saturated heterocycles. The zero-order valence-electron chi connectivity index (χ0n) is 16.2. The molecule has 1 N–H and O–H groups in total. The molecule has 0 unspecified atom stereocenters. The summed E-state index contributed by atoms with van der Waals surface area (Å²) in [4.78, 5) is 12.6. The summed E-state index contributed by atoms with van der Waals surface area (Å²) in [5.41, 5.74) is 0.661. The van der Waals surface area contributed by atoms with E-state index in [1.807, 2.05) is 33.8 Å². The average molecular weight is 402 g/mol. The number of ether oxygens (including phenoxy) is 2. The maximum atomic E-state index is 12.6. The Morgan fingerprint density at radius 3 is 2.32 bits per heavy atom. The number of rotatable bonds is 3. The van der Waals surface area contributed by atoms with Crippen molar-refractivity contribution in [1.29, 1.82) is 0 Å². The number of carbonyl (C=O) groups is 1. The Labute approximate surface area is 169 Å². The van der Waals surface area contributed by atoms with Crippen LogP contribution in [0.5, 0.6) is 11.5 Å². The minimum Gasteiger partial charge on any atom is -0.454 e. The van der Waals surface area contributed by atoms with Gasteiger partial charge in [0.1, 0.15) is 0 Å². The van der Waals surface area contributed by atoms with E-state index in [0.29, 0.717) is 27.8 Å². The fraction of sp³-hybridized carbons (Fsp3) is 0.350. The highest BCUT2D eigenvalue weighted by atomic mass is 35.5. The van der Waals surface area contributed by atoms with Gasteiger partial charge >= 0.3 is 7.12 Å². The van der Waals surface area contributed by atoms with Crippen molar-refractivity contribution in [2.75, 3.05) is 12.1 Å². The second-order valence-corrected chi connectivity index (χ2v) is 8.20. The van der Waals surface area contributed by atoms with Crippen molar-refractivity contribution in [3.8, 4) is 11.5 Å². The molecule has 146 valence electrons. The fourth-order valence-corrected chi connectivity index (χ4v) is 3.33. The highest BCUT2D eigenvalue weighted by molar-refractivity contribution is 6.63. The van der Waals surface area contributed by atoms with E-state index < -0.39 is 18.3 Å². The van der Waals surface area contributed by atoms with Crippen molar-refractivity contribution in [2.24, 2.45) is 0 Å². The third-order valence-electron chi connectivity index (χ3n) is 5.42. The van der Waals surface area contributed by atoms with E-state index in [1.165, 1.54) is 0 Å². The van der Waals surface area contributed by atoms with Gasteiger partial charge in [0.05, 0.1) is 27.5 Å². The van der Waals surface area contributed by atoms with E-state index >= 15 is 0 Å². The summed E-state index contributed by atoms with van der Waals surface area (Å²) in [6.07, 6.45) is 0. The first kappa shape index (κ1) is 19.1. The standard InChI is InChI=1S/C20H21BClNO5/c1-19(2)20(3,4)28-21(27-19)13-9-10-15(17-16(13)25-11-26-17)23-18(24)12-7-5-6-8-14(12)22/h5-10H,11H2,1-4H3,(H,23,24). The number of hydrogen-bond acceptors (Lipinski definition) is 5. The topological polar surface area (TPSA) is 66.0 Å². The van der Waals surface area contributed by atoms with Gasteiger partial charge in [-0.2, -0.15) is 0 Å². The molecule has 0 bridgehead atoms. The zero-order chi connectivity index (χ0) is 20.1. The summed E-state index contributed by atoms with van der Waals surface area (Å²) in [5.74, 6) is 0.634. The predicted molar refractivity (Wildman–Crippen MR) is 108 cm³/mol. The molecule has 8 heteroatoms. The number of amides is 1. The predicted octanol–water partition coefficient (Wildman–Crippen LogP) is 3.62. The lowest BCUT2D eigenvalue weighted by Crippen LogP contribution is -2.41. The molecule has 2 aromatic rings. The highest BCUT2D eigenvalue weighted by Gasteiger charge is 2.53. The molecule has 0 radical (unpaired) electrons. The molecular weight excluding hydrogens is 380 g/mol. The SMILES string of the molecule is CC1(C)OB(c2ccc(NC(=O)c3ccccc3Cl)c3c2OCO3)OC1(C)C. The van der Waals surface area contributed by atoms with Crippen LogP contribution in [0, 0.1) is 0 Å². The number of nitrogens with one attached hydrogen (secondary N) is 1. The molecule has 0 aromatic heterocycles. The van der Waals surface area contributed by atoms with Gasteiger partial charge in [-0.1, -0.05) is 29.8 Å². The Balaban J connectivity index is 1.64. The van der Waals surface area contributed by atoms with Crippen molar-refractivity contribution in [1.82, 2.24) is 0 Å². The molecule has 0 spiro atoms. The van der Waals surface area contributed by atoms with Crippen molar-refractivity contribution in [2.45, 2.75) is 38.9 Å². The quantitative estimate of drug-likeness (QED) is 0.796. The fourth-order valence-electron chi connectivity index (χ4n) is 3.11. The maximum absolute atomic E-state index is 12.6. The van der Waals surface area contributed by atoms with Crippen LogP contribution in [0.25, 0.3) is 0 Å². The number of carbonyl (C=O) groups excluding carboxylic acids is 1. The van der Waals surface area contributed by atoms with Crippen LogP contribution in [0.2, 0.25) is 5.02 Å². The van der Waals surface area contributed by atoms with Gasteiger partial charge in [-0.25, -0.2) is 0 Å². The zero-order valence-corrected chi connectivity index (χ0v) is 16.9. The van der Waals surface area contributed by atoms with Crippen LogP contribution in [0.1, 0.15) is 38.1 Å². The summed E-state index contributed by atoms with van der Waals surface area (Å²) in [5, 5.41) is 3.22. The largest absolute Gasteiger partial charge is 0.498 e. The van der Waals surface area contributed by atoms with Crippen LogP contribution in [0.3, 0.4) is 0 Å². The molecule has 2 aliphatic rings. The Morgan fingerprint density at radius 2 is 1.64 bits per heavy atom. The van der Waals surface area contributed by atoms with Gasteiger partial charge in [-0.05, 0) is 45.9 Å². The lowest BCUT2D eigenvalue weighted by molar-refractivity contribution is 0.00578. The molecule has 4 rings (SSSR count). The molecule has 6 nitrogen and oxygen atoms in total. The number of fused-ring (bicyclic) bond motifs is 1. The normalized spacial score (nSPS) is 19.0. The summed E-state index contributed by atoms with van der Waals surface area (Å²) < 4.78 is 23.5. The van der Waals surface area contributed by atoms with E-state index in [-0.39, 0.29) is 12.7 Å². The minimum absolute atomic E-state index is 0.0564. The third kappa shape index (κ3) is 3.13. The van der Waals surface area contributed by atoms with Crippen LogP contribution in [0.4, 0.5) is 5.69 Å². The minimum atomic E-state index is -0.589. The first-order valence-electron chi connectivity index (χ1n) is 9.04. The van der Waals surface area contributed by atoms with Crippen molar-refractivity contribution in [3.05, 3.63) is 47.0 Å². The Morgan fingerprint density at radius 1 is 1.00 bits per heavy atom. The monoisotopic (exact) mass is 401 g/mol. The first-order valence-corrected chi connectivity index (χ1v) is 9.41. The smallest absolute Gasteiger partial charge is 0.454 e. The van der Waals surface area contributed by atoms with Gasteiger partial charge in [0.2, 0.25) is 6.79 Å². The van der Waals surface area contributed by atoms with Gasteiger partial charge < -0.3 is 24.1 Å². The van der Waals surface area contributed by atoms with Crippen LogP contribution < -0.4 is 20.3 Å². The molecule has 0 atom stereocenters. The maximum Gasteiger partial charge on any atom is 0.498 e. The molecule has 28 heavy (non-hydrogen) atoms. The van der Waals surface area contributed by atoms with E-state index in [2.05, 4.69) is 5.32 Å². The average Bonchev–Trinajstić information content (AvgIpc) is 3.18. The van der Waals surface area contributed by atoms with Gasteiger partial charge in [-0.3, -0.25) is 4.79 Å². The second-order valence-electron chi connectivity index (χ2n) is 7.79. The summed E-state index contributed by atoms with van der Waals surface area (Å²) in [7, 11) is -0.589. The Bertz CT molecular complexity index is 930. The molecule has 0 aliphatic carbocycles. The summed E-state index contributed by atoms with van der Waals surface area (Å²) in [6, 6.07) is 10.4. The molecule has 1 amide bonds. The second kappa shape index (κ2) is 6.69. The number of anilines is 1.